The Balaban J connectivity index is 2.39. The number of hydrogen-bond donors (Lipinski definition) is 0. The molecule has 0 aromatic heterocycles. The lowest BCUT2D eigenvalue weighted by molar-refractivity contribution is -0.135. The van der Waals surface area contributed by atoms with Gasteiger partial charge in [0.1, 0.15) is 0 Å². The van der Waals surface area contributed by atoms with Crippen molar-refractivity contribution in [2.45, 2.75) is 25.9 Å². The second-order valence-corrected chi connectivity index (χ2v) is 6.54. The van der Waals surface area contributed by atoms with Crippen molar-refractivity contribution in [1.82, 2.24) is 4.90 Å². The summed E-state index contributed by atoms with van der Waals surface area (Å²) in [5.41, 5.74) is 1.97. The number of ketones is 1. The Labute approximate surface area is 171 Å². The smallest absolute Gasteiger partial charge is 0.330 e. The van der Waals surface area contributed by atoms with Crippen LogP contribution in [0.2, 0.25) is 0 Å². The molecule has 0 heterocycles. The summed E-state index contributed by atoms with van der Waals surface area (Å²) >= 11 is 0. The number of carbonyl (C=O) groups excluding carboxylic acids is 3. The molecule has 0 unspecified atom stereocenters. The third kappa shape index (κ3) is 7.58. The van der Waals surface area contributed by atoms with E-state index in [-0.39, 0.29) is 11.7 Å². The highest BCUT2D eigenvalue weighted by molar-refractivity contribution is 5.96. The van der Waals surface area contributed by atoms with Gasteiger partial charge in [0.15, 0.2) is 5.78 Å². The Morgan fingerprint density at radius 2 is 1.48 bits per heavy atom. The summed E-state index contributed by atoms with van der Waals surface area (Å²) in [5.74, 6) is -1.00. The van der Waals surface area contributed by atoms with Gasteiger partial charge in [0.2, 0.25) is 5.91 Å². The first kappa shape index (κ1) is 21.8. The van der Waals surface area contributed by atoms with E-state index in [0.29, 0.717) is 13.0 Å². The fourth-order valence-electron chi connectivity index (χ4n) is 2.82. The number of carbonyl (C=O) groups is 3. The SMILES string of the molecule is COC(=O)/C=C/[C@H](Cc1ccccc1)N(Cc1ccccc1)C(=O)/C=C/C(C)=O. The summed E-state index contributed by atoms with van der Waals surface area (Å²) in [6, 6.07) is 18.9. The molecule has 0 bridgehead atoms. The van der Waals surface area contributed by atoms with Gasteiger partial charge in [-0.05, 0) is 30.5 Å². The summed E-state index contributed by atoms with van der Waals surface area (Å²) < 4.78 is 4.70. The largest absolute Gasteiger partial charge is 0.466 e. The summed E-state index contributed by atoms with van der Waals surface area (Å²) in [6.45, 7) is 1.73. The van der Waals surface area contributed by atoms with Crippen molar-refractivity contribution in [3.8, 4) is 0 Å². The van der Waals surface area contributed by atoms with E-state index in [9.17, 15) is 14.4 Å². The van der Waals surface area contributed by atoms with Crippen LogP contribution in [0.3, 0.4) is 0 Å². The van der Waals surface area contributed by atoms with Gasteiger partial charge in [0.25, 0.3) is 0 Å². The zero-order chi connectivity index (χ0) is 21.1. The van der Waals surface area contributed by atoms with Crippen molar-refractivity contribution in [1.29, 1.82) is 0 Å². The lowest BCUT2D eigenvalue weighted by Crippen LogP contribution is -2.39. The molecule has 1 atom stereocenters. The minimum atomic E-state index is -0.491. The maximum atomic E-state index is 12.9. The van der Waals surface area contributed by atoms with E-state index in [4.69, 9.17) is 4.74 Å². The molecule has 0 N–H and O–H groups in total. The van der Waals surface area contributed by atoms with Gasteiger partial charge in [0.05, 0.1) is 13.2 Å². The van der Waals surface area contributed by atoms with Gasteiger partial charge in [-0.1, -0.05) is 66.7 Å². The van der Waals surface area contributed by atoms with Crippen molar-refractivity contribution in [2.75, 3.05) is 7.11 Å². The maximum Gasteiger partial charge on any atom is 0.330 e. The highest BCUT2D eigenvalue weighted by Gasteiger charge is 2.21. The van der Waals surface area contributed by atoms with Crippen LogP contribution in [0, 0.1) is 0 Å². The fourth-order valence-corrected chi connectivity index (χ4v) is 2.82. The first-order valence-corrected chi connectivity index (χ1v) is 9.33. The van der Waals surface area contributed by atoms with Gasteiger partial charge in [-0.25, -0.2) is 4.79 Å². The number of allylic oxidation sites excluding steroid dienone is 1. The molecule has 0 aliphatic rings. The lowest BCUT2D eigenvalue weighted by atomic mass is 10.0. The Kier molecular flexibility index (Phi) is 8.57. The maximum absolute atomic E-state index is 12.9. The number of ether oxygens (including phenoxy) is 1. The van der Waals surface area contributed by atoms with Gasteiger partial charge < -0.3 is 9.64 Å². The average Bonchev–Trinajstić information content (AvgIpc) is 2.74. The minimum Gasteiger partial charge on any atom is -0.466 e. The highest BCUT2D eigenvalue weighted by atomic mass is 16.5. The molecule has 2 aromatic carbocycles. The number of amides is 1. The van der Waals surface area contributed by atoms with Crippen LogP contribution in [0.5, 0.6) is 0 Å². The Hall–Kier alpha value is -3.47. The van der Waals surface area contributed by atoms with Crippen LogP contribution < -0.4 is 0 Å². The number of rotatable bonds is 9. The number of nitrogens with zero attached hydrogens (tertiary/aromatic N) is 1. The van der Waals surface area contributed by atoms with Gasteiger partial charge >= 0.3 is 5.97 Å². The molecule has 5 heteroatoms. The van der Waals surface area contributed by atoms with E-state index in [0.717, 1.165) is 11.1 Å². The van der Waals surface area contributed by atoms with Gasteiger partial charge in [-0.15, -0.1) is 0 Å². The summed E-state index contributed by atoms with van der Waals surface area (Å²) in [6.07, 6.45) is 6.04. The van der Waals surface area contributed by atoms with E-state index < -0.39 is 12.0 Å². The third-order valence-corrected chi connectivity index (χ3v) is 4.28. The zero-order valence-corrected chi connectivity index (χ0v) is 16.7. The van der Waals surface area contributed by atoms with Crippen LogP contribution in [-0.2, 0) is 32.1 Å². The number of methoxy groups -OCH3 is 1. The number of benzene rings is 2. The molecule has 0 saturated carbocycles. The van der Waals surface area contributed by atoms with Crippen LogP contribution in [-0.4, -0.2) is 35.7 Å². The molecule has 0 saturated heterocycles. The van der Waals surface area contributed by atoms with Crippen molar-refractivity contribution in [3.63, 3.8) is 0 Å². The molecule has 150 valence electrons. The first-order chi connectivity index (χ1) is 14.0. The molecule has 1 amide bonds. The molecule has 2 rings (SSSR count). The third-order valence-electron chi connectivity index (χ3n) is 4.28. The van der Waals surface area contributed by atoms with Crippen molar-refractivity contribution in [3.05, 3.63) is 96.1 Å². The predicted octanol–water partition coefficient (Wildman–Crippen LogP) is 3.50. The molecule has 0 aliphatic heterocycles. The second kappa shape index (κ2) is 11.4. The van der Waals surface area contributed by atoms with Crippen LogP contribution in [0.25, 0.3) is 0 Å². The molecule has 2 aromatic rings. The fraction of sp³-hybridized carbons (Fsp3) is 0.208. The van der Waals surface area contributed by atoms with Crippen molar-refractivity contribution >= 4 is 17.7 Å². The van der Waals surface area contributed by atoms with E-state index in [1.54, 1.807) is 11.0 Å². The Morgan fingerprint density at radius 1 is 0.897 bits per heavy atom. The van der Waals surface area contributed by atoms with Gasteiger partial charge in [-0.3, -0.25) is 9.59 Å². The molecule has 0 radical (unpaired) electrons. The highest BCUT2D eigenvalue weighted by Crippen LogP contribution is 2.16. The normalized spacial score (nSPS) is 12.1. The van der Waals surface area contributed by atoms with Gasteiger partial charge in [0, 0.05) is 18.7 Å². The molecule has 0 aliphatic carbocycles. The van der Waals surface area contributed by atoms with Crippen LogP contribution >= 0.6 is 0 Å². The molecular formula is C24H25NO4. The van der Waals surface area contributed by atoms with E-state index in [1.807, 2.05) is 60.7 Å². The minimum absolute atomic E-state index is 0.206. The standard InChI is InChI=1S/C24H25NO4/c1-19(26)13-15-23(27)25(18-21-11-7-4-8-12-21)22(14-16-24(28)29-2)17-20-9-5-3-6-10-20/h3-16,22H,17-18H2,1-2H3/b15-13+,16-14+/t22-/m1/s1. The lowest BCUT2D eigenvalue weighted by Gasteiger charge is -2.29. The zero-order valence-electron chi connectivity index (χ0n) is 16.7. The molecular weight excluding hydrogens is 366 g/mol. The summed E-state index contributed by atoms with van der Waals surface area (Å²) in [5, 5.41) is 0. The average molecular weight is 391 g/mol. The molecule has 5 nitrogen and oxygen atoms in total. The van der Waals surface area contributed by atoms with Crippen molar-refractivity contribution < 1.29 is 19.1 Å². The monoisotopic (exact) mass is 391 g/mol. The van der Waals surface area contributed by atoms with E-state index in [2.05, 4.69) is 0 Å². The van der Waals surface area contributed by atoms with Crippen molar-refractivity contribution in [2.24, 2.45) is 0 Å². The quantitative estimate of drug-likeness (QED) is 0.485. The molecule has 0 fully saturated rings. The van der Waals surface area contributed by atoms with Crippen LogP contribution in [0.15, 0.2) is 85.0 Å². The van der Waals surface area contributed by atoms with E-state index in [1.165, 1.54) is 32.3 Å². The number of hydrogen-bond acceptors (Lipinski definition) is 4. The van der Waals surface area contributed by atoms with Crippen LogP contribution in [0.4, 0.5) is 0 Å². The summed E-state index contributed by atoms with van der Waals surface area (Å²) in [4.78, 5) is 37.5. The summed E-state index contributed by atoms with van der Waals surface area (Å²) in [7, 11) is 1.31. The number of esters is 1. The second-order valence-electron chi connectivity index (χ2n) is 6.54. The van der Waals surface area contributed by atoms with Crippen LogP contribution in [0.1, 0.15) is 18.1 Å². The topological polar surface area (TPSA) is 63.7 Å². The Bertz CT molecular complexity index is 872. The van der Waals surface area contributed by atoms with Gasteiger partial charge in [-0.2, -0.15) is 0 Å². The predicted molar refractivity (Wildman–Crippen MR) is 112 cm³/mol. The first-order valence-electron chi connectivity index (χ1n) is 9.33. The molecule has 0 spiro atoms. The van der Waals surface area contributed by atoms with E-state index >= 15 is 0 Å². The molecule has 29 heavy (non-hydrogen) atoms. The Morgan fingerprint density at radius 3 is 2.03 bits per heavy atom.